The molecule has 98 valence electrons. The number of nitro groups is 1. The summed E-state index contributed by atoms with van der Waals surface area (Å²) < 4.78 is 4.98. The molecule has 1 unspecified atom stereocenters. The van der Waals surface area contributed by atoms with Gasteiger partial charge in [-0.05, 0) is 19.4 Å². The van der Waals surface area contributed by atoms with Crippen LogP contribution in [0.15, 0.2) is 30.3 Å². The van der Waals surface area contributed by atoms with Crippen LogP contribution in [0, 0.1) is 10.1 Å². The number of hydrogen-bond acceptors (Lipinski definition) is 4. The minimum Gasteiger partial charge on any atom is -0.461 e. The van der Waals surface area contributed by atoms with Crippen LogP contribution in [0.1, 0.15) is 19.4 Å². The van der Waals surface area contributed by atoms with Gasteiger partial charge < -0.3 is 4.74 Å². The zero-order chi connectivity index (χ0) is 13.5. The van der Waals surface area contributed by atoms with E-state index in [9.17, 15) is 14.9 Å². The van der Waals surface area contributed by atoms with Crippen molar-refractivity contribution in [2.75, 3.05) is 0 Å². The van der Waals surface area contributed by atoms with E-state index in [1.165, 1.54) is 0 Å². The van der Waals surface area contributed by atoms with Crippen LogP contribution in [0.25, 0.3) is 0 Å². The quantitative estimate of drug-likeness (QED) is 0.469. The van der Waals surface area contributed by atoms with Gasteiger partial charge in [-0.2, -0.15) is 0 Å². The Morgan fingerprint density at radius 2 is 2.00 bits per heavy atom. The molecule has 0 saturated heterocycles. The van der Waals surface area contributed by atoms with Crippen molar-refractivity contribution in [3.8, 4) is 0 Å². The first kappa shape index (κ1) is 14.0. The standard InChI is InChI=1S/C12H16N2O4/c1-9(2)18-12(15)11(13-14(16)17)8-10-6-4-3-5-7-10/h3-7,9,11,13H,8H2,1-2H3. The molecule has 0 aliphatic rings. The number of nitrogens with zero attached hydrogens (tertiary/aromatic N) is 1. The normalized spacial score (nSPS) is 11.9. The van der Waals surface area contributed by atoms with Crippen molar-refractivity contribution in [2.45, 2.75) is 32.4 Å². The molecule has 1 rings (SSSR count). The Morgan fingerprint density at radius 3 is 2.50 bits per heavy atom. The van der Waals surface area contributed by atoms with E-state index in [0.717, 1.165) is 5.56 Å². The largest absolute Gasteiger partial charge is 0.461 e. The molecule has 0 aromatic heterocycles. The maximum atomic E-state index is 11.7. The monoisotopic (exact) mass is 252 g/mol. The van der Waals surface area contributed by atoms with Gasteiger partial charge in [0.15, 0.2) is 11.1 Å². The maximum absolute atomic E-state index is 11.7. The summed E-state index contributed by atoms with van der Waals surface area (Å²) in [5.74, 6) is -0.620. The fraction of sp³-hybridized carbons (Fsp3) is 0.417. The fourth-order valence-electron chi connectivity index (χ4n) is 1.47. The first-order valence-corrected chi connectivity index (χ1v) is 5.64. The SMILES string of the molecule is CC(C)OC(=O)C(Cc1ccccc1)N[N+](=O)[O-]. The van der Waals surface area contributed by atoms with Crippen molar-refractivity contribution in [1.82, 2.24) is 5.43 Å². The Balaban J connectivity index is 2.72. The molecule has 1 aromatic carbocycles. The number of carbonyl (C=O) groups excluding carboxylic acids is 1. The molecule has 6 heteroatoms. The van der Waals surface area contributed by atoms with Gasteiger partial charge in [-0.1, -0.05) is 30.3 Å². The zero-order valence-electron chi connectivity index (χ0n) is 10.3. The molecule has 1 aromatic rings. The van der Waals surface area contributed by atoms with Gasteiger partial charge in [0.1, 0.15) is 0 Å². The zero-order valence-corrected chi connectivity index (χ0v) is 10.3. The molecule has 1 N–H and O–H groups in total. The van der Waals surface area contributed by atoms with Crippen LogP contribution in [0.4, 0.5) is 0 Å². The Bertz CT molecular complexity index is 406. The van der Waals surface area contributed by atoms with Crippen molar-refractivity contribution in [3.05, 3.63) is 46.0 Å². The first-order valence-electron chi connectivity index (χ1n) is 5.64. The molecule has 0 heterocycles. The predicted molar refractivity (Wildman–Crippen MR) is 65.3 cm³/mol. The lowest BCUT2D eigenvalue weighted by atomic mass is 10.1. The smallest absolute Gasteiger partial charge is 0.335 e. The number of nitrogens with one attached hydrogen (secondary N) is 1. The van der Waals surface area contributed by atoms with Crippen LogP contribution >= 0.6 is 0 Å². The molecule has 0 fully saturated rings. The van der Waals surface area contributed by atoms with E-state index in [4.69, 9.17) is 4.74 Å². The molecule has 0 spiro atoms. The number of hydrazine groups is 1. The summed E-state index contributed by atoms with van der Waals surface area (Å²) in [5.41, 5.74) is 2.81. The van der Waals surface area contributed by atoms with Crippen LogP contribution in [0.2, 0.25) is 0 Å². The molecule has 0 radical (unpaired) electrons. The van der Waals surface area contributed by atoms with Crippen molar-refractivity contribution < 1.29 is 14.6 Å². The third kappa shape index (κ3) is 4.82. The van der Waals surface area contributed by atoms with Gasteiger partial charge in [0, 0.05) is 6.42 Å². The second kappa shape index (κ2) is 6.58. The summed E-state index contributed by atoms with van der Waals surface area (Å²) >= 11 is 0. The second-order valence-electron chi connectivity index (χ2n) is 4.11. The van der Waals surface area contributed by atoms with E-state index >= 15 is 0 Å². The van der Waals surface area contributed by atoms with Crippen molar-refractivity contribution >= 4 is 5.97 Å². The van der Waals surface area contributed by atoms with Gasteiger partial charge in [0.05, 0.1) is 6.10 Å². The summed E-state index contributed by atoms with van der Waals surface area (Å²) in [7, 11) is 0. The van der Waals surface area contributed by atoms with E-state index in [0.29, 0.717) is 0 Å². The summed E-state index contributed by atoms with van der Waals surface area (Å²) in [6.07, 6.45) is -0.0859. The van der Waals surface area contributed by atoms with E-state index in [-0.39, 0.29) is 12.5 Å². The van der Waals surface area contributed by atoms with Crippen molar-refractivity contribution in [2.24, 2.45) is 0 Å². The lowest BCUT2D eigenvalue weighted by molar-refractivity contribution is -0.548. The Kier molecular flexibility index (Phi) is 5.10. The van der Waals surface area contributed by atoms with Gasteiger partial charge in [-0.25, -0.2) is 14.9 Å². The first-order chi connectivity index (χ1) is 8.49. The average molecular weight is 252 g/mol. The van der Waals surface area contributed by atoms with Crippen LogP contribution in [-0.4, -0.2) is 23.1 Å². The highest BCUT2D eigenvalue weighted by Gasteiger charge is 2.25. The number of ether oxygens (including phenoxy) is 1. The Hall–Kier alpha value is -2.11. The summed E-state index contributed by atoms with van der Waals surface area (Å²) in [5, 5.41) is 9.75. The van der Waals surface area contributed by atoms with Crippen molar-refractivity contribution in [1.29, 1.82) is 0 Å². The van der Waals surface area contributed by atoms with Crippen LogP contribution < -0.4 is 5.43 Å². The number of hydrogen-bond donors (Lipinski definition) is 1. The Labute approximate surface area is 105 Å². The van der Waals surface area contributed by atoms with E-state index in [1.54, 1.807) is 26.0 Å². The van der Waals surface area contributed by atoms with Gasteiger partial charge >= 0.3 is 5.97 Å². The van der Waals surface area contributed by atoms with E-state index in [1.807, 2.05) is 23.6 Å². The summed E-state index contributed by atoms with van der Waals surface area (Å²) in [4.78, 5) is 22.2. The molecule has 0 amide bonds. The highest BCUT2D eigenvalue weighted by atomic mass is 16.7. The molecule has 0 saturated carbocycles. The van der Waals surface area contributed by atoms with Crippen molar-refractivity contribution in [3.63, 3.8) is 0 Å². The molecule has 1 atom stereocenters. The summed E-state index contributed by atoms with van der Waals surface area (Å²) in [6.45, 7) is 3.40. The molecule has 18 heavy (non-hydrogen) atoms. The lowest BCUT2D eigenvalue weighted by Gasteiger charge is -2.15. The van der Waals surface area contributed by atoms with E-state index < -0.39 is 17.0 Å². The Morgan fingerprint density at radius 1 is 1.39 bits per heavy atom. The van der Waals surface area contributed by atoms with Crippen LogP contribution in [-0.2, 0) is 16.0 Å². The van der Waals surface area contributed by atoms with Crippen LogP contribution in [0.3, 0.4) is 0 Å². The van der Waals surface area contributed by atoms with Gasteiger partial charge in [0.2, 0.25) is 0 Å². The molecular weight excluding hydrogens is 236 g/mol. The predicted octanol–water partition coefficient (Wildman–Crippen LogP) is 1.33. The third-order valence-electron chi connectivity index (χ3n) is 2.18. The molecule has 0 aliphatic heterocycles. The minimum absolute atomic E-state index is 0.216. The maximum Gasteiger partial charge on any atom is 0.335 e. The molecule has 6 nitrogen and oxygen atoms in total. The average Bonchev–Trinajstić information content (AvgIpc) is 2.28. The van der Waals surface area contributed by atoms with Crippen LogP contribution in [0.5, 0.6) is 0 Å². The number of benzene rings is 1. The number of carbonyl (C=O) groups is 1. The second-order valence-corrected chi connectivity index (χ2v) is 4.11. The number of esters is 1. The van der Waals surface area contributed by atoms with Gasteiger partial charge in [0.25, 0.3) is 0 Å². The van der Waals surface area contributed by atoms with Gasteiger partial charge in [-0.3, -0.25) is 0 Å². The molecule has 0 bridgehead atoms. The fourth-order valence-corrected chi connectivity index (χ4v) is 1.47. The molecular formula is C12H16N2O4. The van der Waals surface area contributed by atoms with Gasteiger partial charge in [-0.15, -0.1) is 5.43 Å². The highest BCUT2D eigenvalue weighted by molar-refractivity contribution is 5.76. The minimum atomic E-state index is -0.982. The summed E-state index contributed by atoms with van der Waals surface area (Å²) in [6, 6.07) is 8.09. The lowest BCUT2D eigenvalue weighted by Crippen LogP contribution is -2.43. The highest BCUT2D eigenvalue weighted by Crippen LogP contribution is 2.05. The third-order valence-corrected chi connectivity index (χ3v) is 2.18. The number of rotatable bonds is 6. The topological polar surface area (TPSA) is 81.5 Å². The van der Waals surface area contributed by atoms with E-state index in [2.05, 4.69) is 0 Å². The molecule has 0 aliphatic carbocycles.